The molecule has 0 saturated carbocycles. The summed E-state index contributed by atoms with van der Waals surface area (Å²) >= 11 is 0. The zero-order valence-corrected chi connectivity index (χ0v) is 15.3. The third-order valence-electron chi connectivity index (χ3n) is 5.27. The van der Waals surface area contributed by atoms with Crippen LogP contribution in [-0.2, 0) is 9.84 Å². The normalized spacial score (nSPS) is 25.2. The highest BCUT2D eigenvalue weighted by atomic mass is 32.2. The summed E-state index contributed by atoms with van der Waals surface area (Å²) in [6.07, 6.45) is 3.15. The van der Waals surface area contributed by atoms with Crippen LogP contribution in [0.25, 0.3) is 5.69 Å². The quantitative estimate of drug-likeness (QED) is 0.762. The molecule has 0 radical (unpaired) electrons. The van der Waals surface area contributed by atoms with Crippen LogP contribution in [0.15, 0.2) is 36.9 Å². The van der Waals surface area contributed by atoms with E-state index < -0.39 is 9.84 Å². The average molecular weight is 375 g/mol. The first kappa shape index (κ1) is 17.2. The molecule has 0 aliphatic carbocycles. The molecule has 0 spiro atoms. The fourth-order valence-corrected chi connectivity index (χ4v) is 5.98. The molecule has 2 saturated heterocycles. The first-order chi connectivity index (χ1) is 12.5. The molecule has 4 rings (SSSR count). The number of fused-ring (bicyclic) bond motifs is 1. The van der Waals surface area contributed by atoms with E-state index in [2.05, 4.69) is 15.1 Å². The van der Waals surface area contributed by atoms with Crippen LogP contribution in [0.1, 0.15) is 17.3 Å². The van der Waals surface area contributed by atoms with Crippen molar-refractivity contribution >= 4 is 15.7 Å². The summed E-state index contributed by atoms with van der Waals surface area (Å²) in [7, 11) is -3.12. The van der Waals surface area contributed by atoms with E-state index in [1.54, 1.807) is 34.3 Å². The van der Waals surface area contributed by atoms with Crippen molar-refractivity contribution in [2.45, 2.75) is 19.0 Å². The molecule has 1 aromatic carbocycles. The van der Waals surface area contributed by atoms with Gasteiger partial charge in [-0.15, -0.1) is 10.2 Å². The van der Waals surface area contributed by atoms with E-state index in [1.165, 1.54) is 0 Å². The van der Waals surface area contributed by atoms with Gasteiger partial charge in [0.1, 0.15) is 12.7 Å². The summed E-state index contributed by atoms with van der Waals surface area (Å²) in [4.78, 5) is 17.1. The molecule has 2 atom stereocenters. The minimum atomic E-state index is -3.12. The van der Waals surface area contributed by atoms with Crippen LogP contribution >= 0.6 is 0 Å². The topological polar surface area (TPSA) is 88.4 Å². The van der Waals surface area contributed by atoms with Crippen molar-refractivity contribution in [3.8, 4) is 5.69 Å². The molecule has 0 unspecified atom stereocenters. The van der Waals surface area contributed by atoms with Gasteiger partial charge in [-0.1, -0.05) is 13.0 Å². The summed E-state index contributed by atoms with van der Waals surface area (Å²) in [6.45, 7) is 4.06. The highest BCUT2D eigenvalue weighted by molar-refractivity contribution is 7.91. The largest absolute Gasteiger partial charge is 0.332 e. The number of piperazine rings is 1. The van der Waals surface area contributed by atoms with Gasteiger partial charge in [0.05, 0.1) is 17.5 Å². The number of hydrogen-bond acceptors (Lipinski definition) is 6. The van der Waals surface area contributed by atoms with Crippen LogP contribution in [0, 0.1) is 0 Å². The number of amides is 1. The third kappa shape index (κ3) is 3.01. The molecule has 1 amide bonds. The van der Waals surface area contributed by atoms with Crippen molar-refractivity contribution in [1.29, 1.82) is 0 Å². The molecule has 2 aromatic rings. The van der Waals surface area contributed by atoms with Gasteiger partial charge in [-0.2, -0.15) is 0 Å². The molecule has 2 aliphatic rings. The summed E-state index contributed by atoms with van der Waals surface area (Å²) in [5, 5.41) is 7.57. The van der Waals surface area contributed by atoms with Crippen molar-refractivity contribution in [2.75, 3.05) is 31.1 Å². The monoisotopic (exact) mass is 375 g/mol. The summed E-state index contributed by atoms with van der Waals surface area (Å²) in [6, 6.07) is 6.85. The number of rotatable bonds is 3. The number of nitrogens with zero attached hydrogens (tertiary/aromatic N) is 5. The number of carbonyl (C=O) groups is 1. The van der Waals surface area contributed by atoms with Gasteiger partial charge >= 0.3 is 0 Å². The maximum absolute atomic E-state index is 13.1. The molecule has 0 N–H and O–H groups in total. The molecule has 1 aromatic heterocycles. The first-order valence-electron chi connectivity index (χ1n) is 8.69. The predicted molar refractivity (Wildman–Crippen MR) is 95.9 cm³/mol. The van der Waals surface area contributed by atoms with Crippen molar-refractivity contribution in [3.05, 3.63) is 42.5 Å². The van der Waals surface area contributed by atoms with E-state index in [0.717, 1.165) is 12.2 Å². The number of benzene rings is 1. The van der Waals surface area contributed by atoms with Crippen molar-refractivity contribution in [1.82, 2.24) is 24.6 Å². The smallest absolute Gasteiger partial charge is 0.254 e. The third-order valence-corrected chi connectivity index (χ3v) is 6.97. The van der Waals surface area contributed by atoms with E-state index >= 15 is 0 Å². The molecule has 3 heterocycles. The van der Waals surface area contributed by atoms with Crippen LogP contribution < -0.4 is 0 Å². The molecule has 2 aliphatic heterocycles. The van der Waals surface area contributed by atoms with E-state index in [0.29, 0.717) is 18.7 Å². The number of carbonyl (C=O) groups excluding carboxylic acids is 1. The second-order valence-electron chi connectivity index (χ2n) is 6.76. The van der Waals surface area contributed by atoms with Crippen LogP contribution in [-0.4, -0.2) is 82.1 Å². The van der Waals surface area contributed by atoms with Crippen LogP contribution in [0.2, 0.25) is 0 Å². The van der Waals surface area contributed by atoms with Gasteiger partial charge in [-0.3, -0.25) is 14.3 Å². The van der Waals surface area contributed by atoms with E-state index in [4.69, 9.17) is 0 Å². The number of aromatic nitrogens is 3. The highest BCUT2D eigenvalue weighted by Crippen LogP contribution is 2.28. The molecule has 8 nitrogen and oxygen atoms in total. The van der Waals surface area contributed by atoms with Crippen LogP contribution in [0.3, 0.4) is 0 Å². The Morgan fingerprint density at radius 1 is 1.15 bits per heavy atom. The van der Waals surface area contributed by atoms with Gasteiger partial charge in [-0.05, 0) is 24.7 Å². The first-order valence-corrected chi connectivity index (χ1v) is 10.5. The maximum Gasteiger partial charge on any atom is 0.254 e. The molecule has 9 heteroatoms. The predicted octanol–water partition coefficient (Wildman–Crippen LogP) is 0.211. The Bertz CT molecular complexity index is 912. The molecular formula is C17H21N5O3S. The van der Waals surface area contributed by atoms with Crippen molar-refractivity contribution < 1.29 is 13.2 Å². The number of likely N-dealkylation sites (N-methyl/N-ethyl adjacent to an activating group) is 1. The van der Waals surface area contributed by atoms with Gasteiger partial charge in [-0.25, -0.2) is 8.42 Å². The summed E-state index contributed by atoms with van der Waals surface area (Å²) in [5.41, 5.74) is 1.34. The zero-order chi connectivity index (χ0) is 18.3. The Kier molecular flexibility index (Phi) is 4.28. The highest BCUT2D eigenvalue weighted by Gasteiger charge is 2.47. The van der Waals surface area contributed by atoms with Gasteiger partial charge in [0.2, 0.25) is 0 Å². The SMILES string of the molecule is CCN1CCN(C(=O)c2cccc(-n3cnnc3)c2)[C@@H]2CS(=O)(=O)C[C@@H]21. The van der Waals surface area contributed by atoms with E-state index in [1.807, 2.05) is 19.1 Å². The van der Waals surface area contributed by atoms with Gasteiger partial charge in [0.15, 0.2) is 9.84 Å². The fourth-order valence-electron chi connectivity index (χ4n) is 3.97. The van der Waals surface area contributed by atoms with Crippen molar-refractivity contribution in [2.24, 2.45) is 0 Å². The van der Waals surface area contributed by atoms with Gasteiger partial charge in [0, 0.05) is 30.4 Å². The van der Waals surface area contributed by atoms with Crippen LogP contribution in [0.4, 0.5) is 0 Å². The lowest BCUT2D eigenvalue weighted by atomic mass is 10.0. The Balaban J connectivity index is 1.63. The lowest BCUT2D eigenvalue weighted by molar-refractivity contribution is 0.0349. The van der Waals surface area contributed by atoms with Crippen LogP contribution in [0.5, 0.6) is 0 Å². The Labute approximate surface area is 152 Å². The molecule has 138 valence electrons. The molecule has 0 bridgehead atoms. The Hall–Kier alpha value is -2.26. The maximum atomic E-state index is 13.1. The summed E-state index contributed by atoms with van der Waals surface area (Å²) in [5.74, 6) is 0.0592. The lowest BCUT2D eigenvalue weighted by Crippen LogP contribution is -2.60. The second-order valence-corrected chi connectivity index (χ2v) is 8.91. The van der Waals surface area contributed by atoms with Gasteiger partial charge in [0.25, 0.3) is 5.91 Å². The minimum Gasteiger partial charge on any atom is -0.332 e. The summed E-state index contributed by atoms with van der Waals surface area (Å²) < 4.78 is 26.1. The molecule has 2 fully saturated rings. The Morgan fingerprint density at radius 2 is 1.88 bits per heavy atom. The molecular weight excluding hydrogens is 354 g/mol. The second kappa shape index (κ2) is 6.48. The Morgan fingerprint density at radius 3 is 2.62 bits per heavy atom. The zero-order valence-electron chi connectivity index (χ0n) is 14.5. The standard InChI is InChI=1S/C17H21N5O3S/c1-2-20-6-7-22(16-10-26(24,25)9-15(16)20)17(23)13-4-3-5-14(8-13)21-11-18-19-12-21/h3-5,8,11-12,15-16H,2,6-7,9-10H2,1H3/t15-,16+/m0/s1. The van der Waals surface area contributed by atoms with E-state index in [-0.39, 0.29) is 29.5 Å². The lowest BCUT2D eigenvalue weighted by Gasteiger charge is -2.43. The number of hydrogen-bond donors (Lipinski definition) is 0. The average Bonchev–Trinajstić information content (AvgIpc) is 3.27. The fraction of sp³-hybridized carbons (Fsp3) is 0.471. The van der Waals surface area contributed by atoms with Crippen molar-refractivity contribution in [3.63, 3.8) is 0 Å². The number of sulfone groups is 1. The molecule has 26 heavy (non-hydrogen) atoms. The van der Waals surface area contributed by atoms with E-state index in [9.17, 15) is 13.2 Å². The van der Waals surface area contributed by atoms with Gasteiger partial charge < -0.3 is 4.90 Å². The minimum absolute atomic E-state index is 0.0467.